The molecule has 118 valence electrons. The van der Waals surface area contributed by atoms with E-state index in [2.05, 4.69) is 34.6 Å². The van der Waals surface area contributed by atoms with Gasteiger partial charge in [0.2, 0.25) is 0 Å². The number of hydrogen-bond acceptors (Lipinski definition) is 4. The Hall–Kier alpha value is -2.95. The molecule has 0 amide bonds. The number of hydrogen-bond donors (Lipinski definition) is 1. The molecule has 5 nitrogen and oxygen atoms in total. The molecule has 0 aliphatic heterocycles. The fraction of sp³-hybridized carbons (Fsp3) is 0.211. The third-order valence-electron chi connectivity index (χ3n) is 5.30. The van der Waals surface area contributed by atoms with E-state index >= 15 is 0 Å². The average molecular weight is 317 g/mol. The zero-order chi connectivity index (χ0) is 16.3. The zero-order valence-electron chi connectivity index (χ0n) is 12.8. The molecule has 5 rings (SSSR count). The number of fused-ring (bicyclic) bond motifs is 4. The first-order valence-corrected chi connectivity index (χ1v) is 8.10. The first-order chi connectivity index (χ1) is 11.7. The summed E-state index contributed by atoms with van der Waals surface area (Å²) in [5, 5.41) is 15.4. The molecule has 0 spiro atoms. The monoisotopic (exact) mass is 317 g/mol. The fourth-order valence-corrected chi connectivity index (χ4v) is 4.16. The number of benzene rings is 2. The van der Waals surface area contributed by atoms with Gasteiger partial charge in [0.05, 0.1) is 16.0 Å². The van der Waals surface area contributed by atoms with Gasteiger partial charge >= 0.3 is 0 Å². The van der Waals surface area contributed by atoms with Crippen molar-refractivity contribution in [2.75, 3.05) is 5.32 Å². The summed E-state index contributed by atoms with van der Waals surface area (Å²) in [6.45, 7) is 0. The van der Waals surface area contributed by atoms with Gasteiger partial charge in [-0.05, 0) is 41.7 Å². The van der Waals surface area contributed by atoms with E-state index in [0.717, 1.165) is 12.1 Å². The Morgan fingerprint density at radius 1 is 1.12 bits per heavy atom. The van der Waals surface area contributed by atoms with Crippen molar-refractivity contribution in [2.45, 2.75) is 18.4 Å². The third-order valence-corrected chi connectivity index (χ3v) is 5.30. The standard InChI is InChI=1S/C19H15N3O2/c23-22(24)16-8-7-15(18-13(16)6-3-9-20-18)21-19-14-10-11-4-1-2-5-12(11)17(14)19/h1-9,14,17,19,21H,10H2. The van der Waals surface area contributed by atoms with Crippen LogP contribution in [0, 0.1) is 16.0 Å². The highest BCUT2D eigenvalue weighted by Crippen LogP contribution is 2.57. The summed E-state index contributed by atoms with van der Waals surface area (Å²) in [6, 6.07) is 15.9. The summed E-state index contributed by atoms with van der Waals surface area (Å²) in [5.41, 5.74) is 4.56. The highest BCUT2D eigenvalue weighted by molar-refractivity contribution is 5.96. The van der Waals surface area contributed by atoms with Crippen molar-refractivity contribution in [3.05, 3.63) is 76.0 Å². The van der Waals surface area contributed by atoms with Crippen molar-refractivity contribution in [3.63, 3.8) is 0 Å². The molecule has 3 aromatic rings. The van der Waals surface area contributed by atoms with Crippen LogP contribution in [0.1, 0.15) is 17.0 Å². The Kier molecular flexibility index (Phi) is 2.68. The quantitative estimate of drug-likeness (QED) is 0.588. The molecule has 3 unspecified atom stereocenters. The highest BCUT2D eigenvalue weighted by atomic mass is 16.6. The van der Waals surface area contributed by atoms with Crippen LogP contribution in [0.5, 0.6) is 0 Å². The SMILES string of the molecule is O=[N+]([O-])c1ccc(NC2C3Cc4ccccc4C32)c2ncccc12. The van der Waals surface area contributed by atoms with Crippen LogP contribution in [-0.4, -0.2) is 15.9 Å². The van der Waals surface area contributed by atoms with Gasteiger partial charge in [-0.1, -0.05) is 24.3 Å². The van der Waals surface area contributed by atoms with Gasteiger partial charge in [-0.15, -0.1) is 0 Å². The molecule has 1 saturated carbocycles. The lowest BCUT2D eigenvalue weighted by Gasteiger charge is -2.12. The second-order valence-corrected chi connectivity index (χ2v) is 6.55. The first-order valence-electron chi connectivity index (χ1n) is 8.10. The third kappa shape index (κ3) is 1.84. The number of nitro groups is 1. The topological polar surface area (TPSA) is 68.1 Å². The van der Waals surface area contributed by atoms with Gasteiger partial charge in [-0.25, -0.2) is 0 Å². The van der Waals surface area contributed by atoms with Crippen molar-refractivity contribution in [1.82, 2.24) is 4.98 Å². The molecule has 1 heterocycles. The fourth-order valence-electron chi connectivity index (χ4n) is 4.16. The maximum Gasteiger partial charge on any atom is 0.278 e. The summed E-state index contributed by atoms with van der Waals surface area (Å²) >= 11 is 0. The number of rotatable bonds is 3. The molecule has 1 aromatic heterocycles. The van der Waals surface area contributed by atoms with Crippen LogP contribution in [0.2, 0.25) is 0 Å². The molecule has 5 heteroatoms. The van der Waals surface area contributed by atoms with E-state index in [1.165, 1.54) is 11.1 Å². The van der Waals surface area contributed by atoms with E-state index in [-0.39, 0.29) is 10.6 Å². The van der Waals surface area contributed by atoms with E-state index in [4.69, 9.17) is 0 Å². The number of non-ortho nitro benzene ring substituents is 1. The number of nitro benzene ring substituents is 1. The van der Waals surface area contributed by atoms with E-state index in [9.17, 15) is 10.1 Å². The smallest absolute Gasteiger partial charge is 0.278 e. The minimum Gasteiger partial charge on any atom is -0.380 e. The van der Waals surface area contributed by atoms with Crippen molar-refractivity contribution < 1.29 is 4.92 Å². The molecule has 0 bridgehead atoms. The minimum atomic E-state index is -0.351. The Balaban J connectivity index is 1.50. The van der Waals surface area contributed by atoms with Crippen molar-refractivity contribution >= 4 is 22.3 Å². The molecule has 24 heavy (non-hydrogen) atoms. The molecule has 2 aliphatic carbocycles. The number of nitrogens with one attached hydrogen (secondary N) is 1. The lowest BCUT2D eigenvalue weighted by atomic mass is 10.0. The number of pyridine rings is 1. The molecule has 2 aliphatic rings. The number of nitrogens with zero attached hydrogens (tertiary/aromatic N) is 2. The van der Waals surface area contributed by atoms with Crippen LogP contribution in [0.25, 0.3) is 10.9 Å². The molecule has 3 atom stereocenters. The van der Waals surface area contributed by atoms with Gasteiger partial charge in [-0.3, -0.25) is 15.1 Å². The summed E-state index contributed by atoms with van der Waals surface area (Å²) in [5.74, 6) is 1.17. The molecule has 1 fully saturated rings. The summed E-state index contributed by atoms with van der Waals surface area (Å²) in [7, 11) is 0. The Bertz CT molecular complexity index is 985. The second-order valence-electron chi connectivity index (χ2n) is 6.55. The Morgan fingerprint density at radius 2 is 2.00 bits per heavy atom. The van der Waals surface area contributed by atoms with Gasteiger partial charge in [-0.2, -0.15) is 0 Å². The summed E-state index contributed by atoms with van der Waals surface area (Å²) in [6.07, 6.45) is 2.79. The molecular weight excluding hydrogens is 302 g/mol. The average Bonchev–Trinajstić information content (AvgIpc) is 3.11. The van der Waals surface area contributed by atoms with Crippen molar-refractivity contribution in [3.8, 4) is 0 Å². The maximum absolute atomic E-state index is 11.2. The van der Waals surface area contributed by atoms with Gasteiger partial charge in [0, 0.05) is 24.2 Å². The van der Waals surface area contributed by atoms with Gasteiger partial charge in [0.15, 0.2) is 0 Å². The second kappa shape index (κ2) is 4.77. The highest BCUT2D eigenvalue weighted by Gasteiger charge is 2.55. The van der Waals surface area contributed by atoms with Gasteiger partial charge in [0.1, 0.15) is 5.52 Å². The van der Waals surface area contributed by atoms with Crippen LogP contribution in [-0.2, 0) is 6.42 Å². The van der Waals surface area contributed by atoms with Gasteiger partial charge in [0.25, 0.3) is 5.69 Å². The minimum absolute atomic E-state index is 0.102. The van der Waals surface area contributed by atoms with Crippen molar-refractivity contribution in [1.29, 1.82) is 0 Å². The lowest BCUT2D eigenvalue weighted by Crippen LogP contribution is -2.10. The van der Waals surface area contributed by atoms with E-state index in [0.29, 0.717) is 28.8 Å². The predicted octanol–water partition coefficient (Wildman–Crippen LogP) is 3.89. The van der Waals surface area contributed by atoms with Crippen LogP contribution in [0.4, 0.5) is 11.4 Å². The van der Waals surface area contributed by atoms with Crippen LogP contribution in [0.15, 0.2) is 54.7 Å². The van der Waals surface area contributed by atoms with E-state index in [1.807, 2.05) is 0 Å². The molecular formula is C19H15N3O2. The van der Waals surface area contributed by atoms with E-state index in [1.54, 1.807) is 30.5 Å². The van der Waals surface area contributed by atoms with Crippen LogP contribution in [0.3, 0.4) is 0 Å². The largest absolute Gasteiger partial charge is 0.380 e. The van der Waals surface area contributed by atoms with E-state index < -0.39 is 0 Å². The summed E-state index contributed by atoms with van der Waals surface area (Å²) < 4.78 is 0. The Labute approximate surface area is 138 Å². The summed E-state index contributed by atoms with van der Waals surface area (Å²) in [4.78, 5) is 15.2. The van der Waals surface area contributed by atoms with Crippen LogP contribution < -0.4 is 5.32 Å². The van der Waals surface area contributed by atoms with Crippen LogP contribution >= 0.6 is 0 Å². The normalized spacial score (nSPS) is 23.6. The lowest BCUT2D eigenvalue weighted by molar-refractivity contribution is -0.383. The van der Waals surface area contributed by atoms with Crippen molar-refractivity contribution in [2.24, 2.45) is 5.92 Å². The maximum atomic E-state index is 11.2. The first kappa shape index (κ1) is 13.5. The Morgan fingerprint density at radius 3 is 2.88 bits per heavy atom. The molecule has 1 N–H and O–H groups in total. The number of anilines is 1. The van der Waals surface area contributed by atoms with Gasteiger partial charge < -0.3 is 5.32 Å². The zero-order valence-corrected chi connectivity index (χ0v) is 12.8. The number of aromatic nitrogens is 1. The predicted molar refractivity (Wildman–Crippen MR) is 92.2 cm³/mol. The molecule has 0 radical (unpaired) electrons. The molecule has 2 aromatic carbocycles. The molecule has 0 saturated heterocycles.